The van der Waals surface area contributed by atoms with Crippen LogP contribution in [0.25, 0.3) is 0 Å². The van der Waals surface area contributed by atoms with Gasteiger partial charge in [0.2, 0.25) is 0 Å². The second kappa shape index (κ2) is 3.94. The molecule has 1 aliphatic carbocycles. The Morgan fingerprint density at radius 3 is 3.00 bits per heavy atom. The Kier molecular flexibility index (Phi) is 2.80. The first-order valence-electron chi connectivity index (χ1n) is 4.86. The van der Waals surface area contributed by atoms with E-state index in [9.17, 15) is 4.79 Å². The molecule has 2 atom stereocenters. The summed E-state index contributed by atoms with van der Waals surface area (Å²) in [4.78, 5) is 10.8. The normalized spacial score (nSPS) is 21.1. The number of aliphatic carboxylic acids is 1. The highest BCUT2D eigenvalue weighted by Gasteiger charge is 2.31. The monoisotopic (exact) mass is 269 g/mol. The van der Waals surface area contributed by atoms with Crippen LogP contribution in [-0.2, 0) is 11.2 Å². The lowest BCUT2D eigenvalue weighted by molar-refractivity contribution is -0.139. The summed E-state index contributed by atoms with van der Waals surface area (Å²) >= 11 is 3.40. The molecule has 80 valence electrons. The number of rotatable bonds is 2. The lowest BCUT2D eigenvalue weighted by Crippen LogP contribution is -2.35. The van der Waals surface area contributed by atoms with Crippen molar-refractivity contribution in [3.8, 4) is 0 Å². The molecule has 2 rings (SSSR count). The van der Waals surface area contributed by atoms with Gasteiger partial charge in [-0.1, -0.05) is 22.0 Å². The van der Waals surface area contributed by atoms with Crippen molar-refractivity contribution < 1.29 is 9.90 Å². The predicted molar refractivity (Wildman–Crippen MR) is 60.8 cm³/mol. The number of carbonyl (C=O) groups is 1. The number of nitrogens with two attached hydrogens (primary N) is 1. The Morgan fingerprint density at radius 2 is 2.33 bits per heavy atom. The zero-order valence-electron chi connectivity index (χ0n) is 8.11. The molecule has 0 saturated carbocycles. The molecule has 0 amide bonds. The molecule has 0 heterocycles. The van der Waals surface area contributed by atoms with Crippen molar-refractivity contribution >= 4 is 21.9 Å². The van der Waals surface area contributed by atoms with Crippen LogP contribution in [0.3, 0.4) is 0 Å². The quantitative estimate of drug-likeness (QED) is 0.862. The minimum absolute atomic E-state index is 0.0365. The first kappa shape index (κ1) is 10.6. The highest BCUT2D eigenvalue weighted by molar-refractivity contribution is 9.10. The molecule has 3 nitrogen and oxygen atoms in total. The maximum Gasteiger partial charge on any atom is 0.321 e. The molecule has 0 aliphatic heterocycles. The Labute approximate surface area is 96.4 Å². The lowest BCUT2D eigenvalue weighted by atomic mass is 9.94. The molecule has 0 unspecified atom stereocenters. The Balaban J connectivity index is 2.32. The molecule has 0 aromatic heterocycles. The van der Waals surface area contributed by atoms with Crippen molar-refractivity contribution in [2.45, 2.75) is 24.8 Å². The van der Waals surface area contributed by atoms with E-state index in [4.69, 9.17) is 10.8 Å². The molecule has 1 aliphatic rings. The summed E-state index contributed by atoms with van der Waals surface area (Å²) < 4.78 is 1.03. The van der Waals surface area contributed by atoms with Crippen molar-refractivity contribution in [1.29, 1.82) is 0 Å². The van der Waals surface area contributed by atoms with Gasteiger partial charge >= 0.3 is 5.97 Å². The molecule has 0 radical (unpaired) electrons. The number of carboxylic acids is 1. The number of halogens is 1. The Morgan fingerprint density at radius 1 is 1.60 bits per heavy atom. The minimum atomic E-state index is -0.921. The molecule has 0 fully saturated rings. The molecule has 0 saturated heterocycles. The van der Waals surface area contributed by atoms with Crippen molar-refractivity contribution in [1.82, 2.24) is 0 Å². The molecule has 1 aromatic carbocycles. The largest absolute Gasteiger partial charge is 0.480 e. The van der Waals surface area contributed by atoms with Crippen LogP contribution < -0.4 is 5.73 Å². The predicted octanol–water partition coefficient (Wildman–Crippen LogP) is 1.89. The summed E-state index contributed by atoms with van der Waals surface area (Å²) in [5.41, 5.74) is 7.97. The number of benzene rings is 1. The molecule has 1 aromatic rings. The van der Waals surface area contributed by atoms with Gasteiger partial charge in [-0.15, -0.1) is 0 Å². The molecular formula is C11H12BrNO2. The van der Waals surface area contributed by atoms with Gasteiger partial charge in [-0.05, 0) is 36.1 Å². The van der Waals surface area contributed by atoms with Crippen LogP contribution in [0.15, 0.2) is 22.7 Å². The Bertz CT molecular complexity index is 406. The third kappa shape index (κ3) is 1.92. The summed E-state index contributed by atoms with van der Waals surface area (Å²) in [6.07, 6.45) is 1.75. The SMILES string of the molecule is N[C@H](C(=O)O)[C@H]1CCc2cc(Br)ccc21. The molecule has 0 bridgehead atoms. The Hall–Kier alpha value is -0.870. The van der Waals surface area contributed by atoms with E-state index >= 15 is 0 Å². The van der Waals surface area contributed by atoms with E-state index in [0.29, 0.717) is 0 Å². The number of hydrogen-bond donors (Lipinski definition) is 2. The fourth-order valence-electron chi connectivity index (χ4n) is 2.16. The highest BCUT2D eigenvalue weighted by Crippen LogP contribution is 2.36. The van der Waals surface area contributed by atoms with Gasteiger partial charge in [0, 0.05) is 10.4 Å². The summed E-state index contributed by atoms with van der Waals surface area (Å²) in [6, 6.07) is 5.17. The number of fused-ring (bicyclic) bond motifs is 1. The topological polar surface area (TPSA) is 63.3 Å². The van der Waals surface area contributed by atoms with E-state index in [0.717, 1.165) is 22.9 Å². The number of hydrogen-bond acceptors (Lipinski definition) is 2. The van der Waals surface area contributed by atoms with E-state index in [1.807, 2.05) is 18.2 Å². The van der Waals surface area contributed by atoms with Crippen molar-refractivity contribution in [3.05, 3.63) is 33.8 Å². The number of carboxylic acid groups (broad SMARTS) is 1. The standard InChI is InChI=1S/C11H12BrNO2/c12-7-2-4-8-6(5-7)1-3-9(8)10(13)11(14)15/h2,4-5,9-10H,1,3,13H2,(H,14,15)/t9-,10-/m0/s1. The molecule has 15 heavy (non-hydrogen) atoms. The van der Waals surface area contributed by atoms with Gasteiger partial charge in [0.15, 0.2) is 0 Å². The molecule has 4 heteroatoms. The fraction of sp³-hybridized carbons (Fsp3) is 0.364. The zero-order valence-corrected chi connectivity index (χ0v) is 9.70. The third-order valence-corrected chi connectivity index (χ3v) is 3.44. The number of aryl methyl sites for hydroxylation is 1. The third-order valence-electron chi connectivity index (χ3n) is 2.95. The van der Waals surface area contributed by atoms with Crippen molar-refractivity contribution in [2.24, 2.45) is 5.73 Å². The smallest absolute Gasteiger partial charge is 0.321 e. The highest BCUT2D eigenvalue weighted by atomic mass is 79.9. The van der Waals surface area contributed by atoms with Gasteiger partial charge < -0.3 is 10.8 Å². The lowest BCUT2D eigenvalue weighted by Gasteiger charge is -2.15. The minimum Gasteiger partial charge on any atom is -0.480 e. The van der Waals surface area contributed by atoms with Gasteiger partial charge in [-0.25, -0.2) is 0 Å². The van der Waals surface area contributed by atoms with Crippen molar-refractivity contribution in [3.63, 3.8) is 0 Å². The van der Waals surface area contributed by atoms with Gasteiger partial charge in [-0.3, -0.25) is 4.79 Å². The molecule has 0 spiro atoms. The van der Waals surface area contributed by atoms with E-state index in [-0.39, 0.29) is 5.92 Å². The first-order valence-corrected chi connectivity index (χ1v) is 5.65. The summed E-state index contributed by atoms with van der Waals surface area (Å²) in [5, 5.41) is 8.89. The summed E-state index contributed by atoms with van der Waals surface area (Å²) in [5.74, 6) is -0.957. The van der Waals surface area contributed by atoms with Gasteiger partial charge in [-0.2, -0.15) is 0 Å². The fourth-order valence-corrected chi connectivity index (χ4v) is 2.57. The van der Waals surface area contributed by atoms with Crippen LogP contribution in [0, 0.1) is 0 Å². The van der Waals surface area contributed by atoms with Crippen LogP contribution in [-0.4, -0.2) is 17.1 Å². The van der Waals surface area contributed by atoms with Crippen LogP contribution in [0.1, 0.15) is 23.5 Å². The van der Waals surface area contributed by atoms with Crippen LogP contribution in [0.5, 0.6) is 0 Å². The van der Waals surface area contributed by atoms with Crippen LogP contribution >= 0.6 is 15.9 Å². The molecular weight excluding hydrogens is 258 g/mol. The molecule has 3 N–H and O–H groups in total. The second-order valence-corrected chi connectivity index (χ2v) is 4.77. The van der Waals surface area contributed by atoms with Gasteiger partial charge in [0.1, 0.15) is 6.04 Å². The van der Waals surface area contributed by atoms with Gasteiger partial charge in [0.25, 0.3) is 0 Å². The maximum absolute atomic E-state index is 10.8. The van der Waals surface area contributed by atoms with Crippen LogP contribution in [0.2, 0.25) is 0 Å². The summed E-state index contributed by atoms with van der Waals surface area (Å²) in [7, 11) is 0. The first-order chi connectivity index (χ1) is 7.09. The van der Waals surface area contributed by atoms with Crippen LogP contribution in [0.4, 0.5) is 0 Å². The average molecular weight is 270 g/mol. The maximum atomic E-state index is 10.8. The average Bonchev–Trinajstić information content (AvgIpc) is 2.59. The van der Waals surface area contributed by atoms with Crippen molar-refractivity contribution in [2.75, 3.05) is 0 Å². The second-order valence-electron chi connectivity index (χ2n) is 3.85. The zero-order chi connectivity index (χ0) is 11.0. The van der Waals surface area contributed by atoms with Gasteiger partial charge in [0.05, 0.1) is 0 Å². The van der Waals surface area contributed by atoms with E-state index in [2.05, 4.69) is 15.9 Å². The summed E-state index contributed by atoms with van der Waals surface area (Å²) in [6.45, 7) is 0. The van der Waals surface area contributed by atoms with E-state index in [1.165, 1.54) is 5.56 Å². The van der Waals surface area contributed by atoms with E-state index < -0.39 is 12.0 Å². The van der Waals surface area contributed by atoms with E-state index in [1.54, 1.807) is 0 Å².